The molecule has 2 fully saturated rings. The third-order valence-electron chi connectivity index (χ3n) is 5.95. The molecule has 3 N–H and O–H groups in total. The first kappa shape index (κ1) is 18.7. The molecule has 1 aliphatic carbocycles. The third kappa shape index (κ3) is 4.25. The number of hydrogen-bond acceptors (Lipinski definition) is 6. The SMILES string of the molecule is O=C(CCc1ccc(O)cc1)N1C[C@H]2C[C@@H](Nc3cnccn3)[C@H](O)C[C@H]2C1. The van der Waals surface area contributed by atoms with Crippen molar-refractivity contribution in [2.45, 2.75) is 37.8 Å². The summed E-state index contributed by atoms with van der Waals surface area (Å²) in [5, 5.41) is 23.2. The lowest BCUT2D eigenvalue weighted by Crippen LogP contribution is -2.43. The smallest absolute Gasteiger partial charge is 0.222 e. The van der Waals surface area contributed by atoms with Crippen LogP contribution in [-0.2, 0) is 11.2 Å². The molecule has 2 heterocycles. The van der Waals surface area contributed by atoms with Crippen molar-refractivity contribution >= 4 is 11.7 Å². The molecule has 2 aromatic rings. The monoisotopic (exact) mass is 382 g/mol. The van der Waals surface area contributed by atoms with Gasteiger partial charge < -0.3 is 20.4 Å². The van der Waals surface area contributed by atoms with Crippen LogP contribution in [0.5, 0.6) is 5.75 Å². The van der Waals surface area contributed by atoms with Crippen LogP contribution in [-0.4, -0.2) is 56.2 Å². The summed E-state index contributed by atoms with van der Waals surface area (Å²) in [6.45, 7) is 1.48. The van der Waals surface area contributed by atoms with Crippen molar-refractivity contribution in [3.05, 3.63) is 48.4 Å². The number of aliphatic hydroxyl groups excluding tert-OH is 1. The second-order valence-corrected chi connectivity index (χ2v) is 7.87. The maximum atomic E-state index is 12.7. The van der Waals surface area contributed by atoms with Gasteiger partial charge in [-0.25, -0.2) is 4.98 Å². The van der Waals surface area contributed by atoms with E-state index >= 15 is 0 Å². The summed E-state index contributed by atoms with van der Waals surface area (Å²) in [7, 11) is 0. The van der Waals surface area contributed by atoms with Gasteiger partial charge in [0.1, 0.15) is 11.6 Å². The Labute approximate surface area is 164 Å². The number of carbonyl (C=O) groups is 1. The first-order chi connectivity index (χ1) is 13.6. The minimum atomic E-state index is -0.449. The van der Waals surface area contributed by atoms with Gasteiger partial charge in [0, 0.05) is 31.9 Å². The van der Waals surface area contributed by atoms with Crippen molar-refractivity contribution in [1.82, 2.24) is 14.9 Å². The number of fused-ring (bicyclic) bond motifs is 1. The molecule has 1 aromatic carbocycles. The molecule has 1 amide bonds. The third-order valence-corrected chi connectivity index (χ3v) is 5.95. The summed E-state index contributed by atoms with van der Waals surface area (Å²) in [4.78, 5) is 22.9. The molecular weight excluding hydrogens is 356 g/mol. The first-order valence-electron chi connectivity index (χ1n) is 9.85. The quantitative estimate of drug-likeness (QED) is 0.730. The molecule has 2 aliphatic rings. The van der Waals surface area contributed by atoms with E-state index in [1.165, 1.54) is 0 Å². The van der Waals surface area contributed by atoms with E-state index in [4.69, 9.17) is 0 Å². The predicted octanol–water partition coefficient (Wildman–Crippen LogP) is 1.82. The fourth-order valence-corrected chi connectivity index (χ4v) is 4.42. The van der Waals surface area contributed by atoms with Gasteiger partial charge >= 0.3 is 0 Å². The van der Waals surface area contributed by atoms with Gasteiger partial charge in [0.05, 0.1) is 18.3 Å². The van der Waals surface area contributed by atoms with Gasteiger partial charge in [-0.05, 0) is 48.8 Å². The summed E-state index contributed by atoms with van der Waals surface area (Å²) >= 11 is 0. The maximum absolute atomic E-state index is 12.7. The molecule has 7 nitrogen and oxygen atoms in total. The second-order valence-electron chi connectivity index (χ2n) is 7.87. The number of aryl methyl sites for hydroxylation is 1. The molecule has 1 aliphatic heterocycles. The summed E-state index contributed by atoms with van der Waals surface area (Å²) in [6, 6.07) is 6.94. The number of aromatic nitrogens is 2. The number of carbonyl (C=O) groups excluding carboxylic acids is 1. The van der Waals surface area contributed by atoms with Crippen LogP contribution in [0.4, 0.5) is 5.82 Å². The number of phenols is 1. The highest BCUT2D eigenvalue weighted by molar-refractivity contribution is 5.76. The lowest BCUT2D eigenvalue weighted by atomic mass is 9.77. The van der Waals surface area contributed by atoms with E-state index < -0.39 is 6.10 Å². The number of likely N-dealkylation sites (tertiary alicyclic amines) is 1. The van der Waals surface area contributed by atoms with Crippen LogP contribution in [0.2, 0.25) is 0 Å². The molecule has 1 saturated heterocycles. The number of benzene rings is 1. The van der Waals surface area contributed by atoms with E-state index in [9.17, 15) is 15.0 Å². The van der Waals surface area contributed by atoms with Crippen LogP contribution >= 0.6 is 0 Å². The van der Waals surface area contributed by atoms with Gasteiger partial charge in [0.25, 0.3) is 0 Å². The van der Waals surface area contributed by atoms with E-state index in [0.29, 0.717) is 36.9 Å². The number of nitrogens with one attached hydrogen (secondary N) is 1. The van der Waals surface area contributed by atoms with Crippen molar-refractivity contribution in [3.63, 3.8) is 0 Å². The first-order valence-corrected chi connectivity index (χ1v) is 9.85. The van der Waals surface area contributed by atoms with Crippen LogP contribution in [0.3, 0.4) is 0 Å². The molecule has 7 heteroatoms. The summed E-state index contributed by atoms with van der Waals surface area (Å²) in [5.41, 5.74) is 1.05. The lowest BCUT2D eigenvalue weighted by Gasteiger charge is -2.35. The minimum Gasteiger partial charge on any atom is -0.508 e. The summed E-state index contributed by atoms with van der Waals surface area (Å²) in [5.74, 6) is 1.82. The average molecular weight is 382 g/mol. The fourth-order valence-electron chi connectivity index (χ4n) is 4.42. The van der Waals surface area contributed by atoms with Crippen molar-refractivity contribution in [2.24, 2.45) is 11.8 Å². The van der Waals surface area contributed by atoms with Crippen molar-refractivity contribution in [3.8, 4) is 5.75 Å². The highest BCUT2D eigenvalue weighted by Gasteiger charge is 2.42. The Bertz CT molecular complexity index is 799. The van der Waals surface area contributed by atoms with Crippen LogP contribution < -0.4 is 5.32 Å². The lowest BCUT2D eigenvalue weighted by molar-refractivity contribution is -0.130. The zero-order valence-electron chi connectivity index (χ0n) is 15.7. The number of nitrogens with zero attached hydrogens (tertiary/aromatic N) is 3. The molecule has 0 bridgehead atoms. The highest BCUT2D eigenvalue weighted by Crippen LogP contribution is 2.37. The van der Waals surface area contributed by atoms with E-state index in [2.05, 4.69) is 15.3 Å². The van der Waals surface area contributed by atoms with Crippen LogP contribution in [0.25, 0.3) is 0 Å². The highest BCUT2D eigenvalue weighted by atomic mass is 16.3. The zero-order chi connectivity index (χ0) is 19.5. The Hall–Kier alpha value is -2.67. The van der Waals surface area contributed by atoms with Crippen LogP contribution in [0, 0.1) is 11.8 Å². The van der Waals surface area contributed by atoms with Crippen LogP contribution in [0.1, 0.15) is 24.8 Å². The van der Waals surface area contributed by atoms with Gasteiger partial charge in [0.15, 0.2) is 0 Å². The summed E-state index contributed by atoms with van der Waals surface area (Å²) in [6.07, 6.45) is 7.12. The Morgan fingerprint density at radius 3 is 2.61 bits per heavy atom. The molecule has 1 saturated carbocycles. The van der Waals surface area contributed by atoms with E-state index in [-0.39, 0.29) is 17.7 Å². The maximum Gasteiger partial charge on any atom is 0.222 e. The van der Waals surface area contributed by atoms with Gasteiger partial charge in [-0.15, -0.1) is 0 Å². The molecule has 148 valence electrons. The standard InChI is InChI=1S/C21H26N4O3/c26-17-4-1-14(2-5-17)3-6-21(28)25-12-15-9-18(19(27)10-16(15)13-25)24-20-11-22-7-8-23-20/h1-2,4-5,7-8,11,15-16,18-19,26-27H,3,6,9-10,12-13H2,(H,23,24)/t15-,16+,18-,19-/m1/s1. The van der Waals surface area contributed by atoms with Gasteiger partial charge in [-0.2, -0.15) is 0 Å². The minimum absolute atomic E-state index is 0.0648. The zero-order valence-corrected chi connectivity index (χ0v) is 15.7. The molecule has 1 aromatic heterocycles. The number of rotatable bonds is 5. The Morgan fingerprint density at radius 2 is 1.89 bits per heavy atom. The van der Waals surface area contributed by atoms with Gasteiger partial charge in [0.2, 0.25) is 5.91 Å². The van der Waals surface area contributed by atoms with E-state index in [1.807, 2.05) is 17.0 Å². The Balaban J connectivity index is 1.31. The number of anilines is 1. The molecule has 0 unspecified atom stereocenters. The Kier molecular flexibility index (Phi) is 5.43. The number of phenolic OH excluding ortho intramolecular Hbond substituents is 1. The van der Waals surface area contributed by atoms with Gasteiger partial charge in [-0.1, -0.05) is 12.1 Å². The Morgan fingerprint density at radius 1 is 1.14 bits per heavy atom. The molecule has 4 atom stereocenters. The molecule has 0 radical (unpaired) electrons. The van der Waals surface area contributed by atoms with Crippen LogP contribution in [0.15, 0.2) is 42.9 Å². The molecule has 28 heavy (non-hydrogen) atoms. The predicted molar refractivity (Wildman–Crippen MR) is 105 cm³/mol. The number of aliphatic hydroxyl groups is 1. The van der Waals surface area contributed by atoms with E-state index in [1.54, 1.807) is 30.7 Å². The van der Waals surface area contributed by atoms with Gasteiger partial charge in [-0.3, -0.25) is 9.78 Å². The number of aromatic hydroxyl groups is 1. The van der Waals surface area contributed by atoms with Crippen molar-refractivity contribution in [1.29, 1.82) is 0 Å². The number of hydrogen-bond donors (Lipinski definition) is 3. The van der Waals surface area contributed by atoms with Crippen molar-refractivity contribution < 1.29 is 15.0 Å². The molecule has 4 rings (SSSR count). The molecular formula is C21H26N4O3. The van der Waals surface area contributed by atoms with E-state index in [0.717, 1.165) is 25.1 Å². The van der Waals surface area contributed by atoms with Crippen molar-refractivity contribution in [2.75, 3.05) is 18.4 Å². The second kappa shape index (κ2) is 8.14. The normalized spacial score (nSPS) is 26.7. The molecule has 0 spiro atoms. The average Bonchev–Trinajstić information content (AvgIpc) is 3.11. The largest absolute Gasteiger partial charge is 0.508 e. The number of amides is 1. The topological polar surface area (TPSA) is 98.6 Å². The fraction of sp³-hybridized carbons (Fsp3) is 0.476. The summed E-state index contributed by atoms with van der Waals surface area (Å²) < 4.78 is 0.